The van der Waals surface area contributed by atoms with E-state index in [4.69, 9.17) is 36.8 Å². The summed E-state index contributed by atoms with van der Waals surface area (Å²) in [6, 6.07) is 54.8. The number of hydrogen-bond acceptors (Lipinski definition) is 21. The van der Waals surface area contributed by atoms with Gasteiger partial charge in [0.25, 0.3) is 0 Å². The lowest BCUT2D eigenvalue weighted by Gasteiger charge is -2.41. The topological polar surface area (TPSA) is 297 Å². The lowest BCUT2D eigenvalue weighted by molar-refractivity contribution is 0.0516. The van der Waals surface area contributed by atoms with Gasteiger partial charge in [-0.1, -0.05) is 103 Å². The molecule has 0 bridgehead atoms. The van der Waals surface area contributed by atoms with Gasteiger partial charge in [-0.25, -0.2) is 44.3 Å². The van der Waals surface area contributed by atoms with Crippen LogP contribution in [-0.2, 0) is 34.0 Å². The number of benzene rings is 6. The number of nitriles is 3. The summed E-state index contributed by atoms with van der Waals surface area (Å²) < 4.78 is 16.4. The van der Waals surface area contributed by atoms with Crippen LogP contribution < -0.4 is 16.4 Å². The minimum Gasteiger partial charge on any atom is -0.445 e. The van der Waals surface area contributed by atoms with Crippen molar-refractivity contribution in [2.24, 2.45) is 5.73 Å². The van der Waals surface area contributed by atoms with Gasteiger partial charge in [0, 0.05) is 131 Å². The molecule has 3 aliphatic carbocycles. The first-order chi connectivity index (χ1) is 51.9. The standard InChI is InChI=1S/2C27H30N6O2.C18H27N3O2.C9H4ClN3/c2*28-17-21-6-11-25-24(16-21)26(30-19-29-25)31-22-7-9-23(10-8-22)32-12-14-33(15-13-32)27(34)35-18-20-4-2-1-3-5-20;19-16-6-8-17(9-7-16)20-10-12-21(13-11-20)18(22)23-14-15-4-2-1-3-5-15;10-9-7-3-6(4-11)1-2-8(7)12-5-13-9/h2*1-6,11,16,19,22-23H,7-10,12-15,18H2,(H,29,30,31);1-5,16-17H,6-14,19H2;1-3,5H. The molecule has 6 fully saturated rings. The van der Waals surface area contributed by atoms with Crippen molar-refractivity contribution in [1.82, 2.24) is 59.3 Å². The van der Waals surface area contributed by atoms with Gasteiger partial charge >= 0.3 is 18.3 Å². The lowest BCUT2D eigenvalue weighted by Crippen LogP contribution is -2.53. The largest absolute Gasteiger partial charge is 0.445 e. The molecular weight excluding hydrogens is 1360 g/mol. The van der Waals surface area contributed by atoms with Crippen LogP contribution in [-0.4, -0.2) is 192 Å². The maximum absolute atomic E-state index is 12.5. The van der Waals surface area contributed by atoms with Crippen molar-refractivity contribution in [3.8, 4) is 18.2 Å². The van der Waals surface area contributed by atoms with Gasteiger partial charge in [-0.2, -0.15) is 15.8 Å². The number of nitrogens with zero attached hydrogens (tertiary/aromatic N) is 15. The van der Waals surface area contributed by atoms with Crippen molar-refractivity contribution >= 4 is 74.2 Å². The smallest absolute Gasteiger partial charge is 0.410 e. The molecule has 6 aromatic carbocycles. The first-order valence-corrected chi connectivity index (χ1v) is 37.3. The highest BCUT2D eigenvalue weighted by Crippen LogP contribution is 2.32. The molecule has 6 aliphatic rings. The predicted molar refractivity (Wildman–Crippen MR) is 407 cm³/mol. The second kappa shape index (κ2) is 37.9. The quantitative estimate of drug-likeness (QED) is 0.0713. The van der Waals surface area contributed by atoms with Crippen LogP contribution in [0.5, 0.6) is 0 Å². The van der Waals surface area contributed by atoms with E-state index in [1.807, 2.05) is 136 Å². The van der Waals surface area contributed by atoms with Gasteiger partial charge < -0.3 is 45.3 Å². The van der Waals surface area contributed by atoms with E-state index in [0.29, 0.717) is 109 Å². The Labute approximate surface area is 624 Å². The van der Waals surface area contributed by atoms with Crippen molar-refractivity contribution in [3.63, 3.8) is 0 Å². The van der Waals surface area contributed by atoms with Crippen LogP contribution in [0.1, 0.15) is 110 Å². The van der Waals surface area contributed by atoms with Crippen LogP contribution >= 0.6 is 11.6 Å². The number of ether oxygens (including phenoxy) is 3. The van der Waals surface area contributed by atoms with Crippen molar-refractivity contribution in [3.05, 3.63) is 203 Å². The Morgan fingerprint density at radius 1 is 0.396 bits per heavy atom. The van der Waals surface area contributed by atoms with Crippen molar-refractivity contribution in [2.75, 3.05) is 89.2 Å². The van der Waals surface area contributed by atoms with E-state index < -0.39 is 0 Å². The normalized spacial score (nSPS) is 20.6. The number of piperazine rings is 3. The summed E-state index contributed by atoms with van der Waals surface area (Å²) in [6.07, 6.45) is 17.3. The Bertz CT molecular complexity index is 4290. The molecule has 6 heterocycles. The molecule has 106 heavy (non-hydrogen) atoms. The highest BCUT2D eigenvalue weighted by molar-refractivity contribution is 6.34. The number of anilines is 2. The third-order valence-corrected chi connectivity index (χ3v) is 21.2. The second-order valence-corrected chi connectivity index (χ2v) is 28.1. The average molecular weight is 1450 g/mol. The maximum atomic E-state index is 12.5. The van der Waals surface area contributed by atoms with E-state index in [9.17, 15) is 24.9 Å². The lowest BCUT2D eigenvalue weighted by atomic mass is 9.89. The number of carbonyl (C=O) groups is 3. The molecule has 548 valence electrons. The number of fused-ring (bicyclic) bond motifs is 3. The van der Waals surface area contributed by atoms with Gasteiger partial charge in [0.1, 0.15) is 55.6 Å². The zero-order chi connectivity index (χ0) is 73.4. The van der Waals surface area contributed by atoms with Crippen LogP contribution in [0.25, 0.3) is 32.7 Å². The Balaban J connectivity index is 0.000000140. The van der Waals surface area contributed by atoms with Crippen molar-refractivity contribution in [2.45, 2.75) is 133 Å². The highest BCUT2D eigenvalue weighted by Gasteiger charge is 2.34. The van der Waals surface area contributed by atoms with Crippen molar-refractivity contribution in [1.29, 1.82) is 15.8 Å². The highest BCUT2D eigenvalue weighted by atomic mass is 35.5. The molecule has 0 radical (unpaired) electrons. The fourth-order valence-corrected chi connectivity index (χ4v) is 15.0. The maximum Gasteiger partial charge on any atom is 0.410 e. The first-order valence-electron chi connectivity index (χ1n) is 36.9. The molecule has 0 unspecified atom stereocenters. The number of hydrogen-bond donors (Lipinski definition) is 3. The van der Waals surface area contributed by atoms with E-state index in [1.165, 1.54) is 19.2 Å². The number of nitrogens with two attached hydrogens (primary N) is 1. The number of carbonyl (C=O) groups excluding carboxylic acids is 3. The van der Waals surface area contributed by atoms with Gasteiger partial charge in [-0.15, -0.1) is 0 Å². The predicted octanol–water partition coefficient (Wildman–Crippen LogP) is 12.7. The van der Waals surface area contributed by atoms with Crippen molar-refractivity contribution < 1.29 is 28.6 Å². The second-order valence-electron chi connectivity index (χ2n) is 27.7. The first kappa shape index (κ1) is 75.0. The summed E-state index contributed by atoms with van der Waals surface area (Å²) >= 11 is 5.83. The van der Waals surface area contributed by atoms with Gasteiger partial charge in [0.05, 0.1) is 51.4 Å². The van der Waals surface area contributed by atoms with Gasteiger partial charge in [-0.05, 0) is 148 Å². The Hall–Kier alpha value is -10.7. The molecule has 0 atom stereocenters. The molecule has 25 heteroatoms. The molecule has 3 saturated heterocycles. The van der Waals surface area contributed by atoms with E-state index in [0.717, 1.165) is 172 Å². The molecule has 24 nitrogen and oxygen atoms in total. The summed E-state index contributed by atoms with van der Waals surface area (Å²) in [5.41, 5.74) is 13.2. The molecule has 3 saturated carbocycles. The fraction of sp³-hybridized carbons (Fsp3) is 0.407. The zero-order valence-electron chi connectivity index (χ0n) is 59.8. The monoisotopic (exact) mass is 1450 g/mol. The zero-order valence-corrected chi connectivity index (χ0v) is 60.5. The summed E-state index contributed by atoms with van der Waals surface area (Å²) in [6.45, 7) is 10.8. The van der Waals surface area contributed by atoms with Crippen LogP contribution in [0, 0.1) is 34.0 Å². The average Bonchev–Trinajstić information content (AvgIpc) is 0.817. The van der Waals surface area contributed by atoms with E-state index in [2.05, 4.69) is 67.4 Å². The Morgan fingerprint density at radius 3 is 1.03 bits per heavy atom. The Morgan fingerprint density at radius 2 is 0.698 bits per heavy atom. The van der Waals surface area contributed by atoms with Gasteiger partial charge in [0.2, 0.25) is 0 Å². The summed E-state index contributed by atoms with van der Waals surface area (Å²) in [4.78, 5) is 75.5. The fourth-order valence-electron chi connectivity index (χ4n) is 14.8. The number of halogens is 1. The molecule has 3 aliphatic heterocycles. The number of rotatable bonds is 13. The molecule has 15 rings (SSSR count). The van der Waals surface area contributed by atoms with E-state index in [-0.39, 0.29) is 18.3 Å². The third-order valence-electron chi connectivity index (χ3n) is 20.9. The van der Waals surface area contributed by atoms with Crippen LogP contribution in [0.2, 0.25) is 5.15 Å². The van der Waals surface area contributed by atoms with Crippen LogP contribution in [0.15, 0.2) is 165 Å². The minimum absolute atomic E-state index is 0.195. The minimum atomic E-state index is -0.224. The summed E-state index contributed by atoms with van der Waals surface area (Å²) in [5.74, 6) is 1.61. The van der Waals surface area contributed by atoms with E-state index >= 15 is 0 Å². The molecule has 4 N–H and O–H groups in total. The molecule has 9 aromatic rings. The molecule has 3 amide bonds. The SMILES string of the molecule is N#Cc1ccc2ncnc(Cl)c2c1.N#Cc1ccc2ncnc(NC3CCC(N4CCN(C(=O)OCc5ccccc5)CC4)CC3)c2c1.N#Cc1ccc2ncnc(NC3CCC(N4CCN(C(=O)OCc5ccccc5)CC4)CC3)c2c1.NC1CCC(N2CCN(C(=O)OCc3ccccc3)CC2)CC1. The summed E-state index contributed by atoms with van der Waals surface area (Å²) in [5, 5.41) is 37.2. The number of aromatic nitrogens is 6. The number of nitrogens with one attached hydrogen (secondary N) is 2. The molecular formula is C81H91ClN18O6. The van der Waals surface area contributed by atoms with Gasteiger partial charge in [0.15, 0.2) is 0 Å². The molecule has 3 aromatic heterocycles. The van der Waals surface area contributed by atoms with Crippen LogP contribution in [0.3, 0.4) is 0 Å². The number of amides is 3. The Kier molecular flexibility index (Phi) is 26.8. The van der Waals surface area contributed by atoms with E-state index in [1.54, 1.807) is 43.0 Å². The van der Waals surface area contributed by atoms with Gasteiger partial charge in [-0.3, -0.25) is 14.7 Å². The third kappa shape index (κ3) is 20.9. The molecule has 0 spiro atoms. The van der Waals surface area contributed by atoms with Crippen LogP contribution in [0.4, 0.5) is 26.0 Å². The summed E-state index contributed by atoms with van der Waals surface area (Å²) in [7, 11) is 0.